The summed E-state index contributed by atoms with van der Waals surface area (Å²) in [6.45, 7) is 5.57. The van der Waals surface area contributed by atoms with Crippen LogP contribution >= 0.6 is 0 Å². The highest BCUT2D eigenvalue weighted by molar-refractivity contribution is 5.31. The molecule has 2 aromatic rings. The van der Waals surface area contributed by atoms with E-state index < -0.39 is 0 Å². The van der Waals surface area contributed by atoms with Crippen molar-refractivity contribution in [3.8, 4) is 17.6 Å². The van der Waals surface area contributed by atoms with E-state index in [0.29, 0.717) is 18.2 Å². The number of aromatic nitrogens is 3. The van der Waals surface area contributed by atoms with E-state index in [1.807, 2.05) is 28.9 Å². The highest BCUT2D eigenvalue weighted by Crippen LogP contribution is 2.17. The molecule has 0 spiro atoms. The summed E-state index contributed by atoms with van der Waals surface area (Å²) in [5.41, 5.74) is 1.30. The van der Waals surface area contributed by atoms with Gasteiger partial charge in [-0.05, 0) is 43.0 Å². The second-order valence-electron chi connectivity index (χ2n) is 5.70. The average molecular weight is 314 g/mol. The van der Waals surface area contributed by atoms with Crippen LogP contribution < -0.4 is 9.47 Å². The minimum absolute atomic E-state index is 0.412. The van der Waals surface area contributed by atoms with Gasteiger partial charge in [-0.25, -0.2) is 4.68 Å². The van der Waals surface area contributed by atoms with E-state index in [4.69, 9.17) is 14.7 Å². The van der Waals surface area contributed by atoms with Crippen molar-refractivity contribution in [1.29, 1.82) is 5.26 Å². The molecule has 0 amide bonds. The third-order valence-electron chi connectivity index (χ3n) is 3.37. The first-order chi connectivity index (χ1) is 11.1. The molecular weight excluding hydrogens is 292 g/mol. The summed E-state index contributed by atoms with van der Waals surface area (Å²) in [7, 11) is 1.64. The lowest BCUT2D eigenvalue weighted by molar-refractivity contribution is 0.308. The third kappa shape index (κ3) is 4.71. The normalized spacial score (nSPS) is 10.6. The van der Waals surface area contributed by atoms with Crippen molar-refractivity contribution in [3.63, 3.8) is 0 Å². The Morgan fingerprint density at radius 3 is 2.52 bits per heavy atom. The van der Waals surface area contributed by atoms with Crippen molar-refractivity contribution in [1.82, 2.24) is 15.0 Å². The molecule has 0 radical (unpaired) electrons. The number of nitrogens with zero attached hydrogens (tertiary/aromatic N) is 4. The van der Waals surface area contributed by atoms with Crippen molar-refractivity contribution < 1.29 is 9.47 Å². The van der Waals surface area contributed by atoms with Gasteiger partial charge >= 0.3 is 0 Å². The number of benzene rings is 1. The molecule has 1 aromatic carbocycles. The molecule has 1 aromatic heterocycles. The molecule has 0 bridgehead atoms. The van der Waals surface area contributed by atoms with Crippen molar-refractivity contribution in [3.05, 3.63) is 35.7 Å². The molecule has 6 nitrogen and oxygen atoms in total. The average Bonchev–Trinajstić information content (AvgIpc) is 2.93. The Balaban J connectivity index is 1.88. The fraction of sp³-hybridized carbons (Fsp3) is 0.471. The maximum atomic E-state index is 9.14. The first-order valence-electron chi connectivity index (χ1n) is 7.73. The van der Waals surface area contributed by atoms with Crippen LogP contribution in [0.3, 0.4) is 0 Å². The van der Waals surface area contributed by atoms with Crippen LogP contribution in [0, 0.1) is 17.2 Å². The molecule has 0 aliphatic rings. The molecule has 1 heterocycles. The number of rotatable bonds is 8. The van der Waals surface area contributed by atoms with E-state index in [9.17, 15) is 0 Å². The quantitative estimate of drug-likeness (QED) is 0.701. The molecule has 6 heteroatoms. The monoisotopic (exact) mass is 314 g/mol. The van der Waals surface area contributed by atoms with Gasteiger partial charge in [0, 0.05) is 6.54 Å². The Hall–Kier alpha value is -2.55. The van der Waals surface area contributed by atoms with Crippen LogP contribution in [-0.2, 0) is 13.0 Å². The lowest BCUT2D eigenvalue weighted by atomic mass is 10.2. The Kier molecular flexibility index (Phi) is 5.98. The number of nitriles is 1. The summed E-state index contributed by atoms with van der Waals surface area (Å²) in [6, 6.07) is 9.60. The van der Waals surface area contributed by atoms with Gasteiger partial charge in [0.2, 0.25) is 0 Å². The van der Waals surface area contributed by atoms with Crippen molar-refractivity contribution in [2.75, 3.05) is 13.7 Å². The van der Waals surface area contributed by atoms with Crippen LogP contribution in [0.5, 0.6) is 11.5 Å². The Morgan fingerprint density at radius 2 is 1.91 bits per heavy atom. The van der Waals surface area contributed by atoms with E-state index >= 15 is 0 Å². The molecule has 23 heavy (non-hydrogen) atoms. The summed E-state index contributed by atoms with van der Waals surface area (Å²) in [5, 5.41) is 17.2. The third-order valence-corrected chi connectivity index (χ3v) is 3.37. The second-order valence-corrected chi connectivity index (χ2v) is 5.70. The van der Waals surface area contributed by atoms with Crippen LogP contribution in [0.1, 0.15) is 31.7 Å². The standard InChI is InChI=1S/C17H22N4O2/c1-13(2)12-21-17(16(11-18)19-20-21)5-4-10-23-15-8-6-14(22-3)7-9-15/h6-9,13H,4-5,10,12H2,1-3H3. The molecule has 0 saturated carbocycles. The van der Waals surface area contributed by atoms with Crippen molar-refractivity contribution in [2.24, 2.45) is 5.92 Å². The van der Waals surface area contributed by atoms with Gasteiger partial charge in [-0.3, -0.25) is 0 Å². The predicted molar refractivity (Wildman–Crippen MR) is 86.4 cm³/mol. The predicted octanol–water partition coefficient (Wildman–Crippen LogP) is 2.83. The van der Waals surface area contributed by atoms with E-state index in [-0.39, 0.29) is 0 Å². The van der Waals surface area contributed by atoms with Gasteiger partial charge in [-0.15, -0.1) is 5.10 Å². The molecule has 2 rings (SSSR count). The molecule has 0 saturated heterocycles. The summed E-state index contributed by atoms with van der Waals surface area (Å²) in [5.74, 6) is 2.07. The fourth-order valence-corrected chi connectivity index (χ4v) is 2.26. The zero-order valence-corrected chi connectivity index (χ0v) is 13.8. The van der Waals surface area contributed by atoms with Crippen LogP contribution in [0.2, 0.25) is 0 Å². The summed E-state index contributed by atoms with van der Waals surface area (Å²) < 4.78 is 12.7. The first kappa shape index (κ1) is 16.8. The van der Waals surface area contributed by atoms with E-state index in [2.05, 4.69) is 30.2 Å². The van der Waals surface area contributed by atoms with Crippen LogP contribution in [0.25, 0.3) is 0 Å². The van der Waals surface area contributed by atoms with E-state index in [0.717, 1.165) is 36.6 Å². The van der Waals surface area contributed by atoms with E-state index in [1.165, 1.54) is 0 Å². The van der Waals surface area contributed by atoms with Gasteiger partial charge in [0.1, 0.15) is 17.6 Å². The van der Waals surface area contributed by atoms with Gasteiger partial charge in [0.25, 0.3) is 0 Å². The molecule has 0 aliphatic heterocycles. The lowest BCUT2D eigenvalue weighted by Gasteiger charge is -2.10. The summed E-state index contributed by atoms with van der Waals surface area (Å²) >= 11 is 0. The number of hydrogen-bond acceptors (Lipinski definition) is 5. The highest BCUT2D eigenvalue weighted by Gasteiger charge is 2.13. The van der Waals surface area contributed by atoms with Gasteiger partial charge in [-0.1, -0.05) is 19.1 Å². The second kappa shape index (κ2) is 8.18. The molecule has 0 unspecified atom stereocenters. The molecule has 0 aliphatic carbocycles. The minimum Gasteiger partial charge on any atom is -0.497 e. The van der Waals surface area contributed by atoms with Gasteiger partial charge in [0.05, 0.1) is 19.4 Å². The Labute approximate surface area is 136 Å². The molecular formula is C17H22N4O2. The van der Waals surface area contributed by atoms with Crippen LogP contribution in [0.4, 0.5) is 0 Å². The smallest absolute Gasteiger partial charge is 0.185 e. The summed E-state index contributed by atoms with van der Waals surface area (Å²) in [6.07, 6.45) is 1.52. The number of methoxy groups -OCH3 is 1. The molecule has 0 fully saturated rings. The Bertz CT molecular complexity index is 656. The largest absolute Gasteiger partial charge is 0.497 e. The van der Waals surface area contributed by atoms with Crippen LogP contribution in [-0.4, -0.2) is 28.7 Å². The summed E-state index contributed by atoms with van der Waals surface area (Å²) in [4.78, 5) is 0. The highest BCUT2D eigenvalue weighted by atomic mass is 16.5. The zero-order valence-electron chi connectivity index (χ0n) is 13.8. The maximum Gasteiger partial charge on any atom is 0.185 e. The lowest BCUT2D eigenvalue weighted by Crippen LogP contribution is -2.11. The first-order valence-corrected chi connectivity index (χ1v) is 7.73. The molecule has 0 atom stereocenters. The van der Waals surface area contributed by atoms with E-state index in [1.54, 1.807) is 7.11 Å². The van der Waals surface area contributed by atoms with Gasteiger partial charge in [-0.2, -0.15) is 5.26 Å². The van der Waals surface area contributed by atoms with Crippen molar-refractivity contribution in [2.45, 2.75) is 33.2 Å². The molecule has 0 N–H and O–H groups in total. The van der Waals surface area contributed by atoms with Gasteiger partial charge < -0.3 is 9.47 Å². The zero-order chi connectivity index (χ0) is 16.7. The topological polar surface area (TPSA) is 73.0 Å². The number of ether oxygens (including phenoxy) is 2. The fourth-order valence-electron chi connectivity index (χ4n) is 2.26. The maximum absolute atomic E-state index is 9.14. The van der Waals surface area contributed by atoms with Crippen LogP contribution in [0.15, 0.2) is 24.3 Å². The SMILES string of the molecule is COc1ccc(OCCCc2c(C#N)nnn2CC(C)C)cc1. The number of hydrogen-bond donors (Lipinski definition) is 0. The van der Waals surface area contributed by atoms with Gasteiger partial charge in [0.15, 0.2) is 5.69 Å². The minimum atomic E-state index is 0.412. The van der Waals surface area contributed by atoms with Crippen molar-refractivity contribution >= 4 is 0 Å². The molecule has 122 valence electrons. The Morgan fingerprint density at radius 1 is 1.22 bits per heavy atom.